The maximum atomic E-state index is 12.6. The Hall–Kier alpha value is -2.04. The van der Waals surface area contributed by atoms with Crippen LogP contribution in [0.3, 0.4) is 0 Å². The van der Waals surface area contributed by atoms with Gasteiger partial charge in [-0.2, -0.15) is 0 Å². The van der Waals surface area contributed by atoms with Crippen molar-refractivity contribution in [2.75, 3.05) is 11.5 Å². The Morgan fingerprint density at radius 2 is 1.95 bits per heavy atom. The number of ether oxygens (including phenoxy) is 1. The Balaban J connectivity index is 2.48. The second kappa shape index (κ2) is 5.15. The van der Waals surface area contributed by atoms with E-state index < -0.39 is 11.6 Å². The van der Waals surface area contributed by atoms with Gasteiger partial charge in [-0.1, -0.05) is 12.1 Å². The lowest BCUT2D eigenvalue weighted by molar-refractivity contribution is -0.136. The minimum Gasteiger partial charge on any atom is -0.492 e. The van der Waals surface area contributed by atoms with Crippen molar-refractivity contribution in [1.82, 2.24) is 5.32 Å². The lowest BCUT2D eigenvalue weighted by atomic mass is 9.96. The first kappa shape index (κ1) is 14.4. The molecule has 1 N–H and O–H groups in total. The van der Waals surface area contributed by atoms with Crippen LogP contribution < -0.4 is 15.0 Å². The van der Waals surface area contributed by atoms with E-state index in [-0.39, 0.29) is 11.8 Å². The fourth-order valence-electron chi connectivity index (χ4n) is 2.31. The molecule has 108 valence electrons. The third-order valence-corrected chi connectivity index (χ3v) is 3.38. The highest BCUT2D eigenvalue weighted by molar-refractivity contribution is 6.10. The van der Waals surface area contributed by atoms with Crippen molar-refractivity contribution in [2.24, 2.45) is 0 Å². The Bertz CT molecular complexity index is 540. The van der Waals surface area contributed by atoms with Gasteiger partial charge in [0.05, 0.1) is 12.3 Å². The van der Waals surface area contributed by atoms with Gasteiger partial charge in [-0.15, -0.1) is 0 Å². The number of nitrogens with one attached hydrogen (secondary N) is 1. The van der Waals surface area contributed by atoms with Crippen molar-refractivity contribution < 1.29 is 14.3 Å². The van der Waals surface area contributed by atoms with Crippen LogP contribution in [0.25, 0.3) is 0 Å². The molecular weight excluding hydrogens is 256 g/mol. The minimum atomic E-state index is -0.914. The van der Waals surface area contributed by atoms with Crippen LogP contribution >= 0.6 is 0 Å². The van der Waals surface area contributed by atoms with Gasteiger partial charge >= 0.3 is 0 Å². The summed E-state index contributed by atoms with van der Waals surface area (Å²) in [6.45, 7) is 7.51. The van der Waals surface area contributed by atoms with E-state index in [4.69, 9.17) is 4.74 Å². The van der Waals surface area contributed by atoms with Gasteiger partial charge in [-0.05, 0) is 39.8 Å². The molecule has 2 rings (SSSR count). The Labute approximate surface area is 118 Å². The van der Waals surface area contributed by atoms with E-state index in [9.17, 15) is 9.59 Å². The number of hydrogen-bond donors (Lipinski definition) is 1. The molecule has 1 atom stereocenters. The summed E-state index contributed by atoms with van der Waals surface area (Å²) in [7, 11) is 0. The summed E-state index contributed by atoms with van der Waals surface area (Å²) in [5.41, 5.74) is -0.280. The van der Waals surface area contributed by atoms with Gasteiger partial charge < -0.3 is 10.1 Å². The van der Waals surface area contributed by atoms with Gasteiger partial charge in [0.15, 0.2) is 0 Å². The number of amides is 2. The van der Waals surface area contributed by atoms with Gasteiger partial charge in [0.25, 0.3) is 5.91 Å². The zero-order valence-electron chi connectivity index (χ0n) is 12.3. The Kier molecular flexibility index (Phi) is 3.70. The quantitative estimate of drug-likeness (QED) is 0.914. The van der Waals surface area contributed by atoms with E-state index in [2.05, 4.69) is 5.32 Å². The highest BCUT2D eigenvalue weighted by atomic mass is 16.5. The predicted molar refractivity (Wildman–Crippen MR) is 76.8 cm³/mol. The standard InChI is InChI=1S/C15H20N2O3/c1-5-20-12-9-7-6-8-11(12)17-10(2)13(18)16-15(3,4)14(17)19/h6-10H,5H2,1-4H3,(H,16,18). The molecule has 0 aliphatic carbocycles. The predicted octanol–water partition coefficient (Wildman–Crippen LogP) is 1.72. The molecule has 1 aliphatic heterocycles. The number of para-hydroxylation sites is 2. The second-order valence-electron chi connectivity index (χ2n) is 5.37. The molecule has 0 saturated carbocycles. The van der Waals surface area contributed by atoms with E-state index in [1.54, 1.807) is 32.9 Å². The van der Waals surface area contributed by atoms with Gasteiger partial charge in [-0.25, -0.2) is 0 Å². The van der Waals surface area contributed by atoms with Crippen molar-refractivity contribution >= 4 is 17.5 Å². The molecule has 1 aliphatic rings. The van der Waals surface area contributed by atoms with Gasteiger partial charge in [0.2, 0.25) is 5.91 Å². The number of hydrogen-bond acceptors (Lipinski definition) is 3. The minimum absolute atomic E-state index is 0.142. The smallest absolute Gasteiger partial charge is 0.253 e. The van der Waals surface area contributed by atoms with E-state index in [1.165, 1.54) is 4.90 Å². The van der Waals surface area contributed by atoms with Crippen LogP contribution in [-0.4, -0.2) is 30.0 Å². The first-order chi connectivity index (χ1) is 9.38. The lowest BCUT2D eigenvalue weighted by Crippen LogP contribution is -2.67. The molecule has 20 heavy (non-hydrogen) atoms. The molecule has 1 heterocycles. The van der Waals surface area contributed by atoms with Crippen LogP contribution in [0, 0.1) is 0 Å². The number of carbonyl (C=O) groups is 2. The van der Waals surface area contributed by atoms with E-state index in [0.29, 0.717) is 18.0 Å². The topological polar surface area (TPSA) is 58.6 Å². The van der Waals surface area contributed by atoms with Crippen LogP contribution in [-0.2, 0) is 9.59 Å². The molecule has 1 aromatic rings. The summed E-state index contributed by atoms with van der Waals surface area (Å²) < 4.78 is 5.56. The van der Waals surface area contributed by atoms with Gasteiger partial charge in [0.1, 0.15) is 17.3 Å². The summed E-state index contributed by atoms with van der Waals surface area (Å²) in [6.07, 6.45) is 0. The fraction of sp³-hybridized carbons (Fsp3) is 0.467. The molecule has 0 aromatic heterocycles. The average molecular weight is 276 g/mol. The molecule has 1 aromatic carbocycles. The molecular formula is C15H20N2O3. The van der Waals surface area contributed by atoms with E-state index in [1.807, 2.05) is 19.1 Å². The third kappa shape index (κ3) is 2.35. The Morgan fingerprint density at radius 3 is 2.60 bits per heavy atom. The molecule has 0 bridgehead atoms. The van der Waals surface area contributed by atoms with Gasteiger partial charge in [-0.3, -0.25) is 14.5 Å². The zero-order chi connectivity index (χ0) is 14.9. The highest BCUT2D eigenvalue weighted by Gasteiger charge is 2.44. The molecule has 0 spiro atoms. The highest BCUT2D eigenvalue weighted by Crippen LogP contribution is 2.33. The molecule has 1 saturated heterocycles. The fourth-order valence-corrected chi connectivity index (χ4v) is 2.31. The van der Waals surface area contributed by atoms with E-state index >= 15 is 0 Å². The normalized spacial score (nSPS) is 21.6. The first-order valence-corrected chi connectivity index (χ1v) is 6.76. The number of benzene rings is 1. The largest absolute Gasteiger partial charge is 0.492 e. The Morgan fingerprint density at radius 1 is 1.30 bits per heavy atom. The molecule has 5 nitrogen and oxygen atoms in total. The van der Waals surface area contributed by atoms with Crippen molar-refractivity contribution in [3.8, 4) is 5.75 Å². The third-order valence-electron chi connectivity index (χ3n) is 3.38. The summed E-state index contributed by atoms with van der Waals surface area (Å²) in [5, 5.41) is 2.74. The SMILES string of the molecule is CCOc1ccccc1N1C(=O)C(C)(C)NC(=O)C1C. The van der Waals surface area contributed by atoms with E-state index in [0.717, 1.165) is 0 Å². The van der Waals surface area contributed by atoms with Crippen LogP contribution in [0.15, 0.2) is 24.3 Å². The first-order valence-electron chi connectivity index (χ1n) is 6.76. The number of nitrogens with zero attached hydrogens (tertiary/aromatic N) is 1. The summed E-state index contributed by atoms with van der Waals surface area (Å²) >= 11 is 0. The number of anilines is 1. The average Bonchev–Trinajstić information content (AvgIpc) is 2.39. The molecule has 1 unspecified atom stereocenters. The lowest BCUT2D eigenvalue weighted by Gasteiger charge is -2.41. The second-order valence-corrected chi connectivity index (χ2v) is 5.37. The van der Waals surface area contributed by atoms with Crippen molar-refractivity contribution in [3.05, 3.63) is 24.3 Å². The zero-order valence-corrected chi connectivity index (χ0v) is 12.3. The number of piperazine rings is 1. The summed E-state index contributed by atoms with van der Waals surface area (Å²) in [4.78, 5) is 26.2. The summed E-state index contributed by atoms with van der Waals surface area (Å²) in [5.74, 6) is 0.304. The van der Waals surface area contributed by atoms with Gasteiger partial charge in [0, 0.05) is 0 Å². The molecule has 0 radical (unpaired) electrons. The van der Waals surface area contributed by atoms with Crippen LogP contribution in [0.1, 0.15) is 27.7 Å². The van der Waals surface area contributed by atoms with Crippen molar-refractivity contribution in [3.63, 3.8) is 0 Å². The molecule has 5 heteroatoms. The molecule has 2 amide bonds. The van der Waals surface area contributed by atoms with Crippen LogP contribution in [0.2, 0.25) is 0 Å². The van der Waals surface area contributed by atoms with Crippen molar-refractivity contribution in [1.29, 1.82) is 0 Å². The monoisotopic (exact) mass is 276 g/mol. The molecule has 1 fully saturated rings. The number of carbonyl (C=O) groups excluding carboxylic acids is 2. The number of rotatable bonds is 3. The summed E-state index contributed by atoms with van der Waals surface area (Å²) in [6, 6.07) is 6.72. The van der Waals surface area contributed by atoms with Crippen LogP contribution in [0.5, 0.6) is 5.75 Å². The maximum absolute atomic E-state index is 12.6. The maximum Gasteiger partial charge on any atom is 0.253 e. The van der Waals surface area contributed by atoms with Crippen molar-refractivity contribution in [2.45, 2.75) is 39.3 Å². The van der Waals surface area contributed by atoms with Crippen LogP contribution in [0.4, 0.5) is 5.69 Å².